The highest BCUT2D eigenvalue weighted by Gasteiger charge is 2.24. The Morgan fingerprint density at radius 2 is 1.70 bits per heavy atom. The molecule has 3 aromatic rings. The molecular weight excluding hydrogens is 418 g/mol. The molecule has 156 valence electrons. The first-order chi connectivity index (χ1) is 14.7. The molecule has 2 amide bonds. The number of anilines is 1. The van der Waals surface area contributed by atoms with Crippen LogP contribution in [0.15, 0.2) is 59.3 Å². The predicted octanol–water partition coefficient (Wildman–Crippen LogP) is 3.87. The van der Waals surface area contributed by atoms with Gasteiger partial charge in [-0.2, -0.15) is 0 Å². The summed E-state index contributed by atoms with van der Waals surface area (Å²) in [6.07, 6.45) is 0. The van der Waals surface area contributed by atoms with E-state index in [0.29, 0.717) is 35.9 Å². The van der Waals surface area contributed by atoms with Crippen LogP contribution in [-0.2, 0) is 4.74 Å². The lowest BCUT2D eigenvalue weighted by Crippen LogP contribution is -2.43. The molecule has 0 unspecified atom stereocenters. The summed E-state index contributed by atoms with van der Waals surface area (Å²) in [7, 11) is 0. The molecule has 1 aliphatic heterocycles. The van der Waals surface area contributed by atoms with Crippen molar-refractivity contribution >= 4 is 40.2 Å². The van der Waals surface area contributed by atoms with Crippen molar-refractivity contribution in [3.05, 3.63) is 74.6 Å². The Morgan fingerprint density at radius 1 is 0.967 bits per heavy atom. The standard InChI is InChI=1S/C22H23N3O3S2/c26-21(16-5-7-17(8-6-16)24-22(27)20-4-2-14-30-20)23-15-18(19-3-1-13-29-19)25-9-11-28-12-10-25/h1-8,13-14,18H,9-12,15H2,(H,23,26)(H,24,27)/t18-/m1/s1. The SMILES string of the molecule is O=C(NC[C@H](c1cccs1)N1CCOCC1)c1ccc(NC(=O)c2cccs2)cc1. The molecule has 3 heterocycles. The molecule has 1 saturated heterocycles. The van der Waals surface area contributed by atoms with E-state index in [2.05, 4.69) is 27.0 Å². The third-order valence-corrected chi connectivity index (χ3v) is 6.81. The van der Waals surface area contributed by atoms with Crippen LogP contribution >= 0.6 is 22.7 Å². The molecule has 0 bridgehead atoms. The molecule has 2 aromatic heterocycles. The number of thiophene rings is 2. The maximum Gasteiger partial charge on any atom is 0.265 e. The van der Waals surface area contributed by atoms with Crippen LogP contribution in [0.5, 0.6) is 0 Å². The Bertz CT molecular complexity index is 950. The van der Waals surface area contributed by atoms with Gasteiger partial charge in [0.25, 0.3) is 11.8 Å². The fraction of sp³-hybridized carbons (Fsp3) is 0.273. The van der Waals surface area contributed by atoms with Gasteiger partial charge in [0, 0.05) is 35.8 Å². The van der Waals surface area contributed by atoms with Gasteiger partial charge >= 0.3 is 0 Å². The van der Waals surface area contributed by atoms with E-state index in [1.807, 2.05) is 17.5 Å². The summed E-state index contributed by atoms with van der Waals surface area (Å²) in [6.45, 7) is 3.69. The van der Waals surface area contributed by atoms with E-state index in [4.69, 9.17) is 4.74 Å². The normalized spacial score (nSPS) is 15.5. The zero-order valence-electron chi connectivity index (χ0n) is 16.4. The second-order valence-electron chi connectivity index (χ2n) is 6.90. The smallest absolute Gasteiger partial charge is 0.265 e. The van der Waals surface area contributed by atoms with Gasteiger partial charge in [-0.1, -0.05) is 12.1 Å². The van der Waals surface area contributed by atoms with Crippen LogP contribution in [0.3, 0.4) is 0 Å². The lowest BCUT2D eigenvalue weighted by molar-refractivity contribution is 0.0169. The van der Waals surface area contributed by atoms with Crippen LogP contribution in [0.25, 0.3) is 0 Å². The van der Waals surface area contributed by atoms with Crippen molar-refractivity contribution in [3.8, 4) is 0 Å². The van der Waals surface area contributed by atoms with Crippen LogP contribution in [0, 0.1) is 0 Å². The number of amides is 2. The van der Waals surface area contributed by atoms with Crippen LogP contribution in [0.4, 0.5) is 5.69 Å². The molecule has 2 N–H and O–H groups in total. The minimum Gasteiger partial charge on any atom is -0.379 e. The summed E-state index contributed by atoms with van der Waals surface area (Å²) in [5, 5.41) is 9.84. The van der Waals surface area contributed by atoms with Gasteiger partial charge in [0.2, 0.25) is 0 Å². The van der Waals surface area contributed by atoms with Crippen molar-refractivity contribution in [2.45, 2.75) is 6.04 Å². The average molecular weight is 442 g/mol. The Labute approximate surface area is 183 Å². The second-order valence-corrected chi connectivity index (χ2v) is 8.83. The third-order valence-electron chi connectivity index (χ3n) is 4.96. The van der Waals surface area contributed by atoms with Crippen molar-refractivity contribution in [2.75, 3.05) is 38.2 Å². The molecule has 1 aromatic carbocycles. The highest BCUT2D eigenvalue weighted by Crippen LogP contribution is 2.25. The van der Waals surface area contributed by atoms with Crippen molar-refractivity contribution in [1.82, 2.24) is 10.2 Å². The minimum absolute atomic E-state index is 0.124. The fourth-order valence-electron chi connectivity index (χ4n) is 3.38. The maximum absolute atomic E-state index is 12.7. The Balaban J connectivity index is 1.36. The monoisotopic (exact) mass is 441 g/mol. The number of nitrogens with one attached hydrogen (secondary N) is 2. The van der Waals surface area contributed by atoms with E-state index in [1.165, 1.54) is 16.2 Å². The van der Waals surface area contributed by atoms with Crippen molar-refractivity contribution < 1.29 is 14.3 Å². The van der Waals surface area contributed by atoms with Crippen molar-refractivity contribution in [1.29, 1.82) is 0 Å². The number of benzene rings is 1. The first-order valence-electron chi connectivity index (χ1n) is 9.79. The summed E-state index contributed by atoms with van der Waals surface area (Å²) in [5.74, 6) is -0.271. The van der Waals surface area contributed by atoms with Gasteiger partial charge in [0.1, 0.15) is 0 Å². The fourth-order valence-corrected chi connectivity index (χ4v) is 4.86. The van der Waals surface area contributed by atoms with Crippen LogP contribution in [0.2, 0.25) is 0 Å². The zero-order valence-corrected chi connectivity index (χ0v) is 18.0. The Morgan fingerprint density at radius 3 is 2.37 bits per heavy atom. The molecule has 1 fully saturated rings. The molecule has 0 saturated carbocycles. The number of ether oxygens (including phenoxy) is 1. The predicted molar refractivity (Wildman–Crippen MR) is 120 cm³/mol. The quantitative estimate of drug-likeness (QED) is 0.584. The molecule has 6 nitrogen and oxygen atoms in total. The molecule has 0 spiro atoms. The molecule has 4 rings (SSSR count). The van der Waals surface area contributed by atoms with Gasteiger partial charge in [-0.05, 0) is 47.2 Å². The van der Waals surface area contributed by atoms with Crippen LogP contribution in [0.1, 0.15) is 30.9 Å². The summed E-state index contributed by atoms with van der Waals surface area (Å²) >= 11 is 3.10. The number of hydrogen-bond acceptors (Lipinski definition) is 6. The number of hydrogen-bond donors (Lipinski definition) is 2. The van der Waals surface area contributed by atoms with Crippen LogP contribution in [-0.4, -0.2) is 49.6 Å². The molecule has 1 aliphatic rings. The van der Waals surface area contributed by atoms with Gasteiger partial charge in [-0.25, -0.2) is 0 Å². The van der Waals surface area contributed by atoms with Crippen molar-refractivity contribution in [2.24, 2.45) is 0 Å². The number of morpholine rings is 1. The van der Waals surface area contributed by atoms with Gasteiger partial charge < -0.3 is 15.4 Å². The van der Waals surface area contributed by atoms with E-state index >= 15 is 0 Å². The molecule has 30 heavy (non-hydrogen) atoms. The van der Waals surface area contributed by atoms with Gasteiger partial charge in [-0.3, -0.25) is 14.5 Å². The maximum atomic E-state index is 12.7. The number of rotatable bonds is 7. The first-order valence-corrected chi connectivity index (χ1v) is 11.5. The summed E-state index contributed by atoms with van der Waals surface area (Å²) in [4.78, 5) is 29.1. The van der Waals surface area contributed by atoms with Gasteiger partial charge in [0.15, 0.2) is 0 Å². The van der Waals surface area contributed by atoms with E-state index in [9.17, 15) is 9.59 Å². The zero-order chi connectivity index (χ0) is 20.8. The Hall–Kier alpha value is -2.52. The van der Waals surface area contributed by atoms with Gasteiger partial charge in [0.05, 0.1) is 24.1 Å². The Kier molecular flexibility index (Phi) is 6.91. The largest absolute Gasteiger partial charge is 0.379 e. The van der Waals surface area contributed by atoms with E-state index < -0.39 is 0 Å². The van der Waals surface area contributed by atoms with E-state index in [-0.39, 0.29) is 17.9 Å². The highest BCUT2D eigenvalue weighted by atomic mass is 32.1. The van der Waals surface area contributed by atoms with Crippen molar-refractivity contribution in [3.63, 3.8) is 0 Å². The molecule has 1 atom stereocenters. The molecular formula is C22H23N3O3S2. The lowest BCUT2D eigenvalue weighted by Gasteiger charge is -2.34. The first kappa shape index (κ1) is 20.7. The second kappa shape index (κ2) is 9.99. The van der Waals surface area contributed by atoms with Gasteiger partial charge in [-0.15, -0.1) is 22.7 Å². The number of carbonyl (C=O) groups is 2. The van der Waals surface area contributed by atoms with Crippen LogP contribution < -0.4 is 10.6 Å². The summed E-state index contributed by atoms with van der Waals surface area (Å²) < 4.78 is 5.47. The molecule has 0 radical (unpaired) electrons. The average Bonchev–Trinajstić information content (AvgIpc) is 3.50. The third kappa shape index (κ3) is 5.14. The molecule has 8 heteroatoms. The number of nitrogens with zero attached hydrogens (tertiary/aromatic N) is 1. The summed E-state index contributed by atoms with van der Waals surface area (Å²) in [5.41, 5.74) is 1.23. The summed E-state index contributed by atoms with van der Waals surface area (Å²) in [6, 6.07) is 14.9. The lowest BCUT2D eigenvalue weighted by atomic mass is 10.1. The highest BCUT2D eigenvalue weighted by molar-refractivity contribution is 7.12. The molecule has 0 aliphatic carbocycles. The number of carbonyl (C=O) groups excluding carboxylic acids is 2. The topological polar surface area (TPSA) is 70.7 Å². The minimum atomic E-state index is -0.147. The van der Waals surface area contributed by atoms with E-state index in [0.717, 1.165) is 13.1 Å². The van der Waals surface area contributed by atoms with E-state index in [1.54, 1.807) is 41.7 Å².